The van der Waals surface area contributed by atoms with Crippen molar-refractivity contribution in [3.05, 3.63) is 83.1 Å². The van der Waals surface area contributed by atoms with Crippen LogP contribution in [0.1, 0.15) is 5.56 Å². The largest absolute Gasteiger partial charge is 0.343 e. The number of nitrogens with one attached hydrogen (secondary N) is 1. The van der Waals surface area contributed by atoms with E-state index in [1.807, 2.05) is 30.5 Å². The molecule has 2 aromatic carbocycles. The number of nitro groups is 1. The van der Waals surface area contributed by atoms with Gasteiger partial charge in [0.15, 0.2) is 0 Å². The molecule has 1 aromatic heterocycles. The van der Waals surface area contributed by atoms with Crippen molar-refractivity contribution in [2.75, 3.05) is 5.43 Å². The van der Waals surface area contributed by atoms with Gasteiger partial charge >= 0.3 is 0 Å². The molecule has 0 aliphatic heterocycles. The molecule has 3 rings (SSSR count). The van der Waals surface area contributed by atoms with E-state index < -0.39 is 4.92 Å². The molecule has 24 heavy (non-hydrogen) atoms. The molecule has 1 heterocycles. The molecule has 0 saturated carbocycles. The van der Waals surface area contributed by atoms with Crippen molar-refractivity contribution in [2.45, 2.75) is 6.54 Å². The van der Waals surface area contributed by atoms with Crippen molar-refractivity contribution in [2.24, 2.45) is 5.10 Å². The smallest absolute Gasteiger partial charge is 0.269 e. The summed E-state index contributed by atoms with van der Waals surface area (Å²) in [6.45, 7) is 4.50. The first kappa shape index (κ1) is 15.5. The lowest BCUT2D eigenvalue weighted by molar-refractivity contribution is -0.384. The molecule has 6 heteroatoms. The Morgan fingerprint density at radius 2 is 1.96 bits per heavy atom. The van der Waals surface area contributed by atoms with E-state index >= 15 is 0 Å². The van der Waals surface area contributed by atoms with Gasteiger partial charge in [-0.25, -0.2) is 0 Å². The van der Waals surface area contributed by atoms with Crippen LogP contribution < -0.4 is 5.43 Å². The third kappa shape index (κ3) is 3.17. The highest BCUT2D eigenvalue weighted by Crippen LogP contribution is 2.20. The van der Waals surface area contributed by atoms with Gasteiger partial charge in [0, 0.05) is 41.3 Å². The van der Waals surface area contributed by atoms with Gasteiger partial charge in [0.1, 0.15) is 0 Å². The number of hydrazone groups is 1. The van der Waals surface area contributed by atoms with Crippen molar-refractivity contribution in [1.82, 2.24) is 4.57 Å². The molecule has 1 N–H and O–H groups in total. The first-order chi connectivity index (χ1) is 11.7. The second-order valence-electron chi connectivity index (χ2n) is 5.22. The van der Waals surface area contributed by atoms with Crippen LogP contribution in [0.2, 0.25) is 0 Å². The van der Waals surface area contributed by atoms with Gasteiger partial charge in [-0.05, 0) is 18.2 Å². The lowest BCUT2D eigenvalue weighted by atomic mass is 10.2. The predicted molar refractivity (Wildman–Crippen MR) is 96.4 cm³/mol. The second-order valence-corrected chi connectivity index (χ2v) is 5.22. The third-order valence-corrected chi connectivity index (χ3v) is 3.62. The Bertz CT molecular complexity index is 910. The number of non-ortho nitro benzene ring substituents is 1. The molecular weight excluding hydrogens is 304 g/mol. The van der Waals surface area contributed by atoms with Gasteiger partial charge in [-0.15, -0.1) is 6.58 Å². The Kier molecular flexibility index (Phi) is 4.38. The molecule has 0 radical (unpaired) electrons. The number of anilines is 1. The van der Waals surface area contributed by atoms with Gasteiger partial charge in [-0.3, -0.25) is 15.5 Å². The minimum absolute atomic E-state index is 0.0528. The highest BCUT2D eigenvalue weighted by Gasteiger charge is 2.05. The fourth-order valence-corrected chi connectivity index (χ4v) is 2.50. The first-order valence-electron chi connectivity index (χ1n) is 7.41. The zero-order valence-electron chi connectivity index (χ0n) is 12.9. The zero-order chi connectivity index (χ0) is 16.9. The summed E-state index contributed by atoms with van der Waals surface area (Å²) < 4.78 is 2.11. The van der Waals surface area contributed by atoms with Gasteiger partial charge in [-0.1, -0.05) is 24.3 Å². The molecule has 6 nitrogen and oxygen atoms in total. The van der Waals surface area contributed by atoms with Crippen LogP contribution >= 0.6 is 0 Å². The lowest BCUT2D eigenvalue weighted by Gasteiger charge is -1.99. The number of fused-ring (bicyclic) bond motifs is 1. The number of hydrogen-bond donors (Lipinski definition) is 1. The molecule has 0 amide bonds. The summed E-state index contributed by atoms with van der Waals surface area (Å²) in [5.74, 6) is 0. The number of hydrogen-bond acceptors (Lipinski definition) is 4. The highest BCUT2D eigenvalue weighted by atomic mass is 16.6. The predicted octanol–water partition coefficient (Wildman–Crippen LogP) is 4.18. The number of para-hydroxylation sites is 1. The standard InChI is InChI=1S/C18H16N4O2/c1-2-11-21-13-14(17-5-3-4-6-18(17)21)12-19-20-15-7-9-16(10-8-15)22(23)24/h2-10,12-13,20H,1,11H2/b19-12+. The topological polar surface area (TPSA) is 72.5 Å². The minimum Gasteiger partial charge on any atom is -0.343 e. The van der Waals surface area contributed by atoms with E-state index in [-0.39, 0.29) is 5.69 Å². The summed E-state index contributed by atoms with van der Waals surface area (Å²) in [5, 5.41) is 16.0. The SMILES string of the molecule is C=CCn1cc(/C=N/Nc2ccc([N+](=O)[O-])cc2)c2ccccc21. The van der Waals surface area contributed by atoms with E-state index in [0.29, 0.717) is 5.69 Å². The number of nitro benzene ring substituents is 1. The summed E-state index contributed by atoms with van der Waals surface area (Å²) in [7, 11) is 0. The van der Waals surface area contributed by atoms with Crippen molar-refractivity contribution in [1.29, 1.82) is 0 Å². The average molecular weight is 320 g/mol. The fourth-order valence-electron chi connectivity index (χ4n) is 2.50. The van der Waals surface area contributed by atoms with E-state index in [4.69, 9.17) is 0 Å². The van der Waals surface area contributed by atoms with Crippen LogP contribution in [0.15, 0.2) is 72.5 Å². The molecule has 0 bridgehead atoms. The third-order valence-electron chi connectivity index (χ3n) is 3.62. The van der Waals surface area contributed by atoms with Crippen LogP contribution in [0.4, 0.5) is 11.4 Å². The van der Waals surface area contributed by atoms with Gasteiger partial charge in [0.2, 0.25) is 0 Å². The van der Waals surface area contributed by atoms with E-state index in [1.165, 1.54) is 12.1 Å². The van der Waals surface area contributed by atoms with Gasteiger partial charge in [-0.2, -0.15) is 5.10 Å². The van der Waals surface area contributed by atoms with Gasteiger partial charge in [0.05, 0.1) is 16.8 Å². The number of aromatic nitrogens is 1. The number of nitrogens with zero attached hydrogens (tertiary/aromatic N) is 3. The maximum atomic E-state index is 10.6. The normalized spacial score (nSPS) is 11.0. The van der Waals surface area contributed by atoms with E-state index in [1.54, 1.807) is 18.3 Å². The molecule has 0 fully saturated rings. The monoisotopic (exact) mass is 320 g/mol. The van der Waals surface area contributed by atoms with Crippen LogP contribution in [-0.2, 0) is 6.54 Å². The summed E-state index contributed by atoms with van der Waals surface area (Å²) in [4.78, 5) is 10.2. The maximum absolute atomic E-state index is 10.6. The van der Waals surface area contributed by atoms with Crippen LogP contribution in [0.25, 0.3) is 10.9 Å². The lowest BCUT2D eigenvalue weighted by Crippen LogP contribution is -1.92. The van der Waals surface area contributed by atoms with Crippen LogP contribution in [0.3, 0.4) is 0 Å². The van der Waals surface area contributed by atoms with Crippen LogP contribution in [-0.4, -0.2) is 15.7 Å². The molecule has 0 atom stereocenters. The molecular formula is C18H16N4O2. The Balaban J connectivity index is 1.80. The number of allylic oxidation sites excluding steroid dienone is 1. The van der Waals surface area contributed by atoms with Crippen molar-refractivity contribution in [3.63, 3.8) is 0 Å². The Morgan fingerprint density at radius 1 is 1.21 bits per heavy atom. The molecule has 0 saturated heterocycles. The number of rotatable bonds is 6. The van der Waals surface area contributed by atoms with E-state index in [0.717, 1.165) is 23.0 Å². The molecule has 0 unspecified atom stereocenters. The van der Waals surface area contributed by atoms with Crippen LogP contribution in [0, 0.1) is 10.1 Å². The van der Waals surface area contributed by atoms with Gasteiger partial charge < -0.3 is 4.57 Å². The average Bonchev–Trinajstić information content (AvgIpc) is 2.94. The van der Waals surface area contributed by atoms with Crippen molar-refractivity contribution < 1.29 is 4.92 Å². The maximum Gasteiger partial charge on any atom is 0.269 e. The Hall–Kier alpha value is -3.41. The molecule has 0 aliphatic rings. The summed E-state index contributed by atoms with van der Waals surface area (Å²) >= 11 is 0. The Labute approximate surface area is 138 Å². The van der Waals surface area contributed by atoms with Crippen molar-refractivity contribution in [3.8, 4) is 0 Å². The zero-order valence-corrected chi connectivity index (χ0v) is 12.9. The van der Waals surface area contributed by atoms with Crippen molar-refractivity contribution >= 4 is 28.5 Å². The van der Waals surface area contributed by atoms with Gasteiger partial charge in [0.25, 0.3) is 5.69 Å². The highest BCUT2D eigenvalue weighted by molar-refractivity contribution is 5.99. The summed E-state index contributed by atoms with van der Waals surface area (Å²) in [6.07, 6.45) is 5.61. The van der Waals surface area contributed by atoms with E-state index in [2.05, 4.69) is 27.7 Å². The fraction of sp³-hybridized carbons (Fsp3) is 0.0556. The molecule has 0 spiro atoms. The molecule has 0 aliphatic carbocycles. The van der Waals surface area contributed by atoms with Crippen LogP contribution in [0.5, 0.6) is 0 Å². The quantitative estimate of drug-likeness (QED) is 0.320. The molecule has 120 valence electrons. The molecule has 3 aromatic rings. The minimum atomic E-state index is -0.429. The number of benzene rings is 2. The summed E-state index contributed by atoms with van der Waals surface area (Å²) in [5.41, 5.74) is 5.73. The first-order valence-corrected chi connectivity index (χ1v) is 7.41. The summed E-state index contributed by atoms with van der Waals surface area (Å²) in [6, 6.07) is 14.2. The second kappa shape index (κ2) is 6.78. The Morgan fingerprint density at radius 3 is 2.67 bits per heavy atom. The van der Waals surface area contributed by atoms with E-state index in [9.17, 15) is 10.1 Å².